The Bertz CT molecular complexity index is 1100. The third kappa shape index (κ3) is 4.48. The minimum Gasteiger partial charge on any atom is -0.496 e. The van der Waals surface area contributed by atoms with E-state index in [1.165, 1.54) is 12.1 Å². The highest BCUT2D eigenvalue weighted by molar-refractivity contribution is 5.95. The van der Waals surface area contributed by atoms with Crippen LogP contribution >= 0.6 is 0 Å². The molecule has 32 heavy (non-hydrogen) atoms. The van der Waals surface area contributed by atoms with Crippen LogP contribution in [0.5, 0.6) is 5.75 Å². The molecule has 3 N–H and O–H groups in total. The summed E-state index contributed by atoms with van der Waals surface area (Å²) in [6.07, 6.45) is 5.51. The van der Waals surface area contributed by atoms with Crippen LogP contribution in [0.2, 0.25) is 0 Å². The molecule has 1 atom stereocenters. The number of aromatic amines is 1. The molecule has 3 aromatic rings. The number of rotatable bonds is 7. The van der Waals surface area contributed by atoms with Crippen molar-refractivity contribution in [1.82, 2.24) is 15.3 Å². The highest BCUT2D eigenvalue weighted by Gasteiger charge is 2.29. The summed E-state index contributed by atoms with van der Waals surface area (Å²) < 4.78 is 19.4. The summed E-state index contributed by atoms with van der Waals surface area (Å²) in [5.74, 6) is -0.0843. The van der Waals surface area contributed by atoms with Crippen LogP contribution in [-0.2, 0) is 4.79 Å². The monoisotopic (exact) mass is 439 g/mol. The van der Waals surface area contributed by atoms with Gasteiger partial charge in [0.05, 0.1) is 7.11 Å². The molecule has 0 saturated heterocycles. The van der Waals surface area contributed by atoms with Gasteiger partial charge in [-0.3, -0.25) is 4.79 Å². The number of carbonyl (C=O) groups is 1. The number of pyridine rings is 1. The lowest BCUT2D eigenvalue weighted by Crippen LogP contribution is -2.47. The molecule has 6 nitrogen and oxygen atoms in total. The van der Waals surface area contributed by atoms with Gasteiger partial charge in [-0.05, 0) is 73.4 Å². The van der Waals surface area contributed by atoms with Crippen molar-refractivity contribution in [2.75, 3.05) is 7.11 Å². The predicted octanol–water partition coefficient (Wildman–Crippen LogP) is 5.10. The SMILES string of the molecule is COc1ccc(F)cc1-c1ccnc2[nH]c(C3CCC(N[C@@H](C(=O)O)C(C)C)CC3)cc12. The zero-order chi connectivity index (χ0) is 22.8. The second-order valence-electron chi connectivity index (χ2n) is 8.97. The summed E-state index contributed by atoms with van der Waals surface area (Å²) in [5.41, 5.74) is 3.47. The molecular formula is C25H30FN3O3. The van der Waals surface area contributed by atoms with Gasteiger partial charge in [0.1, 0.15) is 23.3 Å². The molecule has 1 aromatic carbocycles. The van der Waals surface area contributed by atoms with Gasteiger partial charge >= 0.3 is 5.97 Å². The van der Waals surface area contributed by atoms with Gasteiger partial charge in [0.25, 0.3) is 0 Å². The number of nitrogens with one attached hydrogen (secondary N) is 2. The van der Waals surface area contributed by atoms with Crippen molar-refractivity contribution in [2.24, 2.45) is 5.92 Å². The molecule has 0 bridgehead atoms. The fourth-order valence-electron chi connectivity index (χ4n) is 4.77. The van der Waals surface area contributed by atoms with Gasteiger partial charge in [0, 0.05) is 28.9 Å². The number of nitrogens with zero attached hydrogens (tertiary/aromatic N) is 1. The number of halogens is 1. The molecule has 2 heterocycles. The number of hydrogen-bond acceptors (Lipinski definition) is 4. The van der Waals surface area contributed by atoms with E-state index < -0.39 is 12.0 Å². The van der Waals surface area contributed by atoms with E-state index >= 15 is 0 Å². The molecule has 0 spiro atoms. The minimum absolute atomic E-state index is 0.0447. The summed E-state index contributed by atoms with van der Waals surface area (Å²) in [6.45, 7) is 3.86. The Kier molecular flexibility index (Phi) is 6.46. The van der Waals surface area contributed by atoms with Gasteiger partial charge in [-0.15, -0.1) is 0 Å². The smallest absolute Gasteiger partial charge is 0.320 e. The zero-order valence-electron chi connectivity index (χ0n) is 18.7. The van der Waals surface area contributed by atoms with Crippen LogP contribution in [0, 0.1) is 11.7 Å². The van der Waals surface area contributed by atoms with E-state index in [4.69, 9.17) is 4.74 Å². The number of H-pyrrole nitrogens is 1. The summed E-state index contributed by atoms with van der Waals surface area (Å²) in [5, 5.41) is 13.7. The Morgan fingerprint density at radius 3 is 2.59 bits per heavy atom. The maximum Gasteiger partial charge on any atom is 0.320 e. The zero-order valence-corrected chi connectivity index (χ0v) is 18.7. The Morgan fingerprint density at radius 1 is 1.19 bits per heavy atom. The Hall–Kier alpha value is -2.93. The summed E-state index contributed by atoms with van der Waals surface area (Å²) in [7, 11) is 1.58. The Morgan fingerprint density at radius 2 is 1.94 bits per heavy atom. The van der Waals surface area contributed by atoms with E-state index in [-0.39, 0.29) is 17.8 Å². The first-order chi connectivity index (χ1) is 15.4. The quantitative estimate of drug-likeness (QED) is 0.477. The van der Waals surface area contributed by atoms with Crippen LogP contribution < -0.4 is 10.1 Å². The highest BCUT2D eigenvalue weighted by Crippen LogP contribution is 2.38. The largest absolute Gasteiger partial charge is 0.496 e. The van der Waals surface area contributed by atoms with Crippen LogP contribution in [0.25, 0.3) is 22.2 Å². The van der Waals surface area contributed by atoms with E-state index in [2.05, 4.69) is 21.4 Å². The number of hydrogen-bond donors (Lipinski definition) is 3. The van der Waals surface area contributed by atoms with Crippen LogP contribution in [-0.4, -0.2) is 40.2 Å². The van der Waals surface area contributed by atoms with Crippen molar-refractivity contribution in [3.05, 3.63) is 48.0 Å². The van der Waals surface area contributed by atoms with E-state index in [1.54, 1.807) is 19.4 Å². The maximum absolute atomic E-state index is 14.0. The lowest BCUT2D eigenvalue weighted by Gasteiger charge is -2.31. The highest BCUT2D eigenvalue weighted by atomic mass is 19.1. The second kappa shape index (κ2) is 9.28. The summed E-state index contributed by atoms with van der Waals surface area (Å²) >= 11 is 0. The van der Waals surface area contributed by atoms with Crippen LogP contribution in [0.4, 0.5) is 4.39 Å². The normalized spacial score (nSPS) is 19.9. The predicted molar refractivity (Wildman–Crippen MR) is 122 cm³/mol. The van der Waals surface area contributed by atoms with Crippen molar-refractivity contribution in [3.8, 4) is 16.9 Å². The number of carboxylic acids is 1. The van der Waals surface area contributed by atoms with E-state index in [0.29, 0.717) is 17.2 Å². The molecule has 4 rings (SSSR count). The molecule has 0 amide bonds. The fourth-order valence-corrected chi connectivity index (χ4v) is 4.77. The van der Waals surface area contributed by atoms with Gasteiger partial charge in [0.15, 0.2) is 0 Å². The number of aromatic nitrogens is 2. The first kappa shape index (κ1) is 22.3. The molecule has 1 aliphatic carbocycles. The molecule has 2 aromatic heterocycles. The molecule has 0 radical (unpaired) electrons. The summed E-state index contributed by atoms with van der Waals surface area (Å²) in [4.78, 5) is 19.5. The number of aliphatic carboxylic acids is 1. The van der Waals surface area contributed by atoms with E-state index in [1.807, 2.05) is 19.9 Å². The lowest BCUT2D eigenvalue weighted by atomic mass is 9.83. The molecular weight excluding hydrogens is 409 g/mol. The Balaban J connectivity index is 1.55. The van der Waals surface area contributed by atoms with Crippen molar-refractivity contribution < 1.29 is 19.0 Å². The topological polar surface area (TPSA) is 87.2 Å². The average molecular weight is 440 g/mol. The van der Waals surface area contributed by atoms with Crippen molar-refractivity contribution in [3.63, 3.8) is 0 Å². The number of carboxylic acid groups (broad SMARTS) is 1. The standard InChI is InChI=1S/C25H30FN3O3/c1-14(2)23(25(30)31)28-17-7-4-15(5-8-17)21-13-20-18(10-11-27-24(20)29-21)19-12-16(26)6-9-22(19)32-3/h6,9-15,17,23,28H,4-5,7-8H2,1-3H3,(H,27,29)(H,30,31)/t15?,17?,23-/m1/s1. The second-order valence-corrected chi connectivity index (χ2v) is 8.97. The Labute approximate surface area is 187 Å². The van der Waals surface area contributed by atoms with E-state index in [0.717, 1.165) is 48.0 Å². The molecule has 1 saturated carbocycles. The van der Waals surface area contributed by atoms with Gasteiger partial charge in [-0.2, -0.15) is 0 Å². The maximum atomic E-state index is 14.0. The first-order valence-electron chi connectivity index (χ1n) is 11.2. The molecule has 170 valence electrons. The van der Waals surface area contributed by atoms with Gasteiger partial charge in [0.2, 0.25) is 0 Å². The van der Waals surface area contributed by atoms with Crippen molar-refractivity contribution >= 4 is 17.0 Å². The molecule has 1 fully saturated rings. The average Bonchev–Trinajstić information content (AvgIpc) is 3.22. The summed E-state index contributed by atoms with van der Waals surface area (Å²) in [6, 6.07) is 8.22. The fraction of sp³-hybridized carbons (Fsp3) is 0.440. The van der Waals surface area contributed by atoms with Crippen LogP contribution in [0.1, 0.15) is 51.1 Å². The van der Waals surface area contributed by atoms with Crippen LogP contribution in [0.3, 0.4) is 0 Å². The third-order valence-electron chi connectivity index (χ3n) is 6.52. The first-order valence-corrected chi connectivity index (χ1v) is 11.2. The third-order valence-corrected chi connectivity index (χ3v) is 6.52. The minimum atomic E-state index is -0.788. The van der Waals surface area contributed by atoms with Gasteiger partial charge in [-0.25, -0.2) is 9.37 Å². The number of methoxy groups -OCH3 is 1. The number of ether oxygens (including phenoxy) is 1. The molecule has 7 heteroatoms. The van der Waals surface area contributed by atoms with Crippen LogP contribution in [0.15, 0.2) is 36.5 Å². The number of fused-ring (bicyclic) bond motifs is 1. The van der Waals surface area contributed by atoms with Crippen molar-refractivity contribution in [1.29, 1.82) is 0 Å². The number of benzene rings is 1. The van der Waals surface area contributed by atoms with Gasteiger partial charge < -0.3 is 20.1 Å². The molecule has 1 aliphatic rings. The molecule has 0 aliphatic heterocycles. The van der Waals surface area contributed by atoms with E-state index in [9.17, 15) is 14.3 Å². The lowest BCUT2D eigenvalue weighted by molar-refractivity contribution is -0.141. The van der Waals surface area contributed by atoms with Crippen molar-refractivity contribution in [2.45, 2.75) is 57.5 Å². The van der Waals surface area contributed by atoms with Gasteiger partial charge in [-0.1, -0.05) is 13.8 Å². The molecule has 0 unspecified atom stereocenters.